The van der Waals surface area contributed by atoms with E-state index in [0.717, 1.165) is 11.1 Å². The minimum absolute atomic E-state index is 0.0476. The first-order chi connectivity index (χ1) is 10.0. The van der Waals surface area contributed by atoms with Crippen LogP contribution in [0.4, 0.5) is 5.69 Å². The zero-order chi connectivity index (χ0) is 15.4. The van der Waals surface area contributed by atoms with E-state index >= 15 is 0 Å². The molecule has 6 heteroatoms. The van der Waals surface area contributed by atoms with Gasteiger partial charge in [0.2, 0.25) is 11.6 Å². The third-order valence-electron chi connectivity index (χ3n) is 2.98. The minimum Gasteiger partial charge on any atom is -0.432 e. The van der Waals surface area contributed by atoms with E-state index in [-0.39, 0.29) is 11.4 Å². The van der Waals surface area contributed by atoms with Gasteiger partial charge in [-0.05, 0) is 37.6 Å². The summed E-state index contributed by atoms with van der Waals surface area (Å²) < 4.78 is 5.62. The van der Waals surface area contributed by atoms with Crippen LogP contribution in [0.3, 0.4) is 0 Å². The standard InChI is InChI=1S/C15H17N3O3/c1-10-6-11(2)15(13(7-10)18(19)20)21-14-5-4-12(8-16-3)9-17-14/h4-7,9,16H,8H2,1-3H3. The maximum absolute atomic E-state index is 11.2. The molecule has 0 atom stereocenters. The molecule has 0 spiro atoms. The van der Waals surface area contributed by atoms with Crippen molar-refractivity contribution in [2.45, 2.75) is 20.4 Å². The van der Waals surface area contributed by atoms with Gasteiger partial charge < -0.3 is 10.1 Å². The van der Waals surface area contributed by atoms with Crippen molar-refractivity contribution in [2.75, 3.05) is 7.05 Å². The van der Waals surface area contributed by atoms with E-state index < -0.39 is 4.92 Å². The molecule has 2 rings (SSSR count). The molecule has 1 heterocycles. The molecule has 0 saturated heterocycles. The van der Waals surface area contributed by atoms with Crippen molar-refractivity contribution in [3.05, 3.63) is 57.3 Å². The Kier molecular flexibility index (Phi) is 4.49. The fourth-order valence-corrected chi connectivity index (χ4v) is 2.08. The van der Waals surface area contributed by atoms with Gasteiger partial charge in [0.15, 0.2) is 0 Å². The van der Waals surface area contributed by atoms with Gasteiger partial charge in [0.05, 0.1) is 4.92 Å². The lowest BCUT2D eigenvalue weighted by Gasteiger charge is -2.09. The van der Waals surface area contributed by atoms with Crippen LogP contribution in [0.2, 0.25) is 0 Å². The lowest BCUT2D eigenvalue weighted by Crippen LogP contribution is -2.05. The molecule has 0 radical (unpaired) electrons. The predicted molar refractivity (Wildman–Crippen MR) is 79.6 cm³/mol. The van der Waals surface area contributed by atoms with Crippen LogP contribution in [0.15, 0.2) is 30.5 Å². The van der Waals surface area contributed by atoms with Crippen LogP contribution in [0, 0.1) is 24.0 Å². The molecule has 0 aliphatic heterocycles. The molecule has 110 valence electrons. The van der Waals surface area contributed by atoms with E-state index in [1.54, 1.807) is 19.2 Å². The zero-order valence-electron chi connectivity index (χ0n) is 12.2. The number of aromatic nitrogens is 1. The molecule has 1 aromatic heterocycles. The molecule has 0 aliphatic carbocycles. The van der Waals surface area contributed by atoms with Gasteiger partial charge in [-0.3, -0.25) is 10.1 Å². The zero-order valence-corrected chi connectivity index (χ0v) is 12.2. The Labute approximate surface area is 122 Å². The van der Waals surface area contributed by atoms with Crippen molar-refractivity contribution in [2.24, 2.45) is 0 Å². The van der Waals surface area contributed by atoms with Crippen LogP contribution >= 0.6 is 0 Å². The van der Waals surface area contributed by atoms with Crippen LogP contribution in [0.25, 0.3) is 0 Å². The van der Waals surface area contributed by atoms with Crippen LogP contribution < -0.4 is 10.1 Å². The largest absolute Gasteiger partial charge is 0.432 e. The number of nitro groups is 1. The average Bonchev–Trinajstić information content (AvgIpc) is 2.43. The number of nitrogens with one attached hydrogen (secondary N) is 1. The molecule has 6 nitrogen and oxygen atoms in total. The Hall–Kier alpha value is -2.47. The monoisotopic (exact) mass is 287 g/mol. The molecular weight excluding hydrogens is 270 g/mol. The maximum atomic E-state index is 11.2. The molecule has 1 N–H and O–H groups in total. The van der Waals surface area contributed by atoms with Crippen LogP contribution in [-0.4, -0.2) is 17.0 Å². The summed E-state index contributed by atoms with van der Waals surface area (Å²) in [7, 11) is 1.85. The van der Waals surface area contributed by atoms with Crippen molar-refractivity contribution >= 4 is 5.69 Å². The number of hydrogen-bond donors (Lipinski definition) is 1. The topological polar surface area (TPSA) is 77.3 Å². The second-order valence-corrected chi connectivity index (χ2v) is 4.82. The SMILES string of the molecule is CNCc1ccc(Oc2c(C)cc(C)cc2[N+](=O)[O-])nc1. The molecule has 0 fully saturated rings. The summed E-state index contributed by atoms with van der Waals surface area (Å²) in [6.45, 7) is 4.30. The van der Waals surface area contributed by atoms with Crippen molar-refractivity contribution in [3.8, 4) is 11.6 Å². The number of benzene rings is 1. The van der Waals surface area contributed by atoms with Gasteiger partial charge in [-0.1, -0.05) is 12.1 Å². The number of nitrogens with zero attached hydrogens (tertiary/aromatic N) is 2. The first-order valence-corrected chi connectivity index (χ1v) is 6.54. The highest BCUT2D eigenvalue weighted by atomic mass is 16.6. The Bertz CT molecular complexity index is 654. The van der Waals surface area contributed by atoms with E-state index in [9.17, 15) is 10.1 Å². The molecule has 0 amide bonds. The molecule has 21 heavy (non-hydrogen) atoms. The summed E-state index contributed by atoms with van der Waals surface area (Å²) in [5, 5.41) is 14.2. The highest BCUT2D eigenvalue weighted by Crippen LogP contribution is 2.34. The van der Waals surface area contributed by atoms with Gasteiger partial charge in [0.1, 0.15) is 0 Å². The number of nitro benzene ring substituents is 1. The van der Waals surface area contributed by atoms with E-state index in [1.807, 2.05) is 26.1 Å². The van der Waals surface area contributed by atoms with Gasteiger partial charge in [-0.2, -0.15) is 0 Å². The number of rotatable bonds is 5. The molecule has 0 unspecified atom stereocenters. The first-order valence-electron chi connectivity index (χ1n) is 6.54. The van der Waals surface area contributed by atoms with Crippen molar-refractivity contribution in [1.29, 1.82) is 0 Å². The highest BCUT2D eigenvalue weighted by molar-refractivity contribution is 5.54. The second-order valence-electron chi connectivity index (χ2n) is 4.82. The Morgan fingerprint density at radius 2 is 2.10 bits per heavy atom. The smallest absolute Gasteiger partial charge is 0.312 e. The molecule has 1 aromatic carbocycles. The lowest BCUT2D eigenvalue weighted by atomic mass is 10.1. The van der Waals surface area contributed by atoms with Gasteiger partial charge >= 0.3 is 5.69 Å². The van der Waals surface area contributed by atoms with Gasteiger partial charge in [-0.25, -0.2) is 4.98 Å². The summed E-state index contributed by atoms with van der Waals surface area (Å²) in [5.74, 6) is 0.573. The third-order valence-corrected chi connectivity index (χ3v) is 2.98. The minimum atomic E-state index is -0.440. The average molecular weight is 287 g/mol. The Morgan fingerprint density at radius 3 is 2.67 bits per heavy atom. The van der Waals surface area contributed by atoms with Gasteiger partial charge in [-0.15, -0.1) is 0 Å². The maximum Gasteiger partial charge on any atom is 0.312 e. The molecule has 2 aromatic rings. The summed E-state index contributed by atoms with van der Waals surface area (Å²) in [4.78, 5) is 14.9. The molecule has 0 saturated carbocycles. The number of hydrogen-bond acceptors (Lipinski definition) is 5. The van der Waals surface area contributed by atoms with Crippen molar-refractivity contribution in [1.82, 2.24) is 10.3 Å². The Balaban J connectivity index is 2.32. The van der Waals surface area contributed by atoms with Crippen molar-refractivity contribution < 1.29 is 9.66 Å². The number of pyridine rings is 1. The fraction of sp³-hybridized carbons (Fsp3) is 0.267. The number of aryl methyl sites for hydroxylation is 2. The number of ether oxygens (including phenoxy) is 1. The fourth-order valence-electron chi connectivity index (χ4n) is 2.08. The van der Waals surface area contributed by atoms with E-state index in [0.29, 0.717) is 18.0 Å². The quantitative estimate of drug-likeness (QED) is 0.675. The third kappa shape index (κ3) is 3.55. The van der Waals surface area contributed by atoms with Crippen LogP contribution in [0.1, 0.15) is 16.7 Å². The summed E-state index contributed by atoms with van der Waals surface area (Å²) in [5.41, 5.74) is 2.50. The van der Waals surface area contributed by atoms with Gasteiger partial charge in [0.25, 0.3) is 0 Å². The van der Waals surface area contributed by atoms with Gasteiger partial charge in [0, 0.05) is 24.9 Å². The Morgan fingerprint density at radius 1 is 1.33 bits per heavy atom. The van der Waals surface area contributed by atoms with Crippen molar-refractivity contribution in [3.63, 3.8) is 0 Å². The second kappa shape index (κ2) is 6.32. The summed E-state index contributed by atoms with van der Waals surface area (Å²) in [6.07, 6.45) is 1.68. The molecule has 0 bridgehead atoms. The molecule has 0 aliphatic rings. The summed E-state index contributed by atoms with van der Waals surface area (Å²) >= 11 is 0. The van der Waals surface area contributed by atoms with E-state index in [1.165, 1.54) is 6.07 Å². The summed E-state index contributed by atoms with van der Waals surface area (Å²) in [6, 6.07) is 6.92. The lowest BCUT2D eigenvalue weighted by molar-refractivity contribution is -0.385. The highest BCUT2D eigenvalue weighted by Gasteiger charge is 2.19. The normalized spacial score (nSPS) is 10.4. The van der Waals surface area contributed by atoms with Crippen LogP contribution in [0.5, 0.6) is 11.6 Å². The van der Waals surface area contributed by atoms with E-state index in [4.69, 9.17) is 4.74 Å². The van der Waals surface area contributed by atoms with E-state index in [2.05, 4.69) is 10.3 Å². The molecular formula is C15H17N3O3. The first kappa shape index (κ1) is 14.9. The van der Waals surface area contributed by atoms with Crippen LogP contribution in [-0.2, 0) is 6.54 Å². The predicted octanol–water partition coefficient (Wildman–Crippen LogP) is 3.12.